The van der Waals surface area contributed by atoms with E-state index in [9.17, 15) is 0 Å². The van der Waals surface area contributed by atoms with Crippen LogP contribution in [0.1, 0.15) is 19.4 Å². The number of hydrogen-bond donors (Lipinski definition) is 2. The summed E-state index contributed by atoms with van der Waals surface area (Å²) in [5, 5.41) is 6.75. The van der Waals surface area contributed by atoms with E-state index in [1.54, 1.807) is 14.2 Å². The van der Waals surface area contributed by atoms with Crippen molar-refractivity contribution in [2.75, 3.05) is 53.5 Å². The molecular formula is C20H35IN4O2. The van der Waals surface area contributed by atoms with Crippen LogP contribution in [0.4, 0.5) is 0 Å². The van der Waals surface area contributed by atoms with Gasteiger partial charge in [0, 0.05) is 39.8 Å². The molecule has 1 aliphatic heterocycles. The summed E-state index contributed by atoms with van der Waals surface area (Å²) in [5.74, 6) is 2.40. The molecule has 1 saturated heterocycles. The van der Waals surface area contributed by atoms with E-state index in [0.29, 0.717) is 5.92 Å². The Labute approximate surface area is 181 Å². The van der Waals surface area contributed by atoms with Crippen LogP contribution < -0.4 is 15.4 Å². The van der Waals surface area contributed by atoms with Crippen LogP contribution in [0.25, 0.3) is 0 Å². The molecule has 0 saturated carbocycles. The molecule has 154 valence electrons. The van der Waals surface area contributed by atoms with Gasteiger partial charge in [-0.2, -0.15) is 0 Å². The Hall–Kier alpha value is -1.06. The number of nitrogens with one attached hydrogen (secondary N) is 2. The zero-order valence-electron chi connectivity index (χ0n) is 17.0. The Balaban J connectivity index is 0.00000364. The predicted molar refractivity (Wildman–Crippen MR) is 122 cm³/mol. The quantitative estimate of drug-likeness (QED) is 0.333. The van der Waals surface area contributed by atoms with Crippen LogP contribution in [0.2, 0.25) is 0 Å². The van der Waals surface area contributed by atoms with Crippen molar-refractivity contribution in [3.05, 3.63) is 29.8 Å². The van der Waals surface area contributed by atoms with Crippen molar-refractivity contribution in [1.29, 1.82) is 0 Å². The molecule has 2 N–H and O–H groups in total. The SMILES string of the molecule is CN=C(NCCc1ccc(OC)cc1)NCC1CN(CC(C)C)CCO1.I. The standard InChI is InChI=1S/C20H34N4O2.HI/c1-16(2)14-24-11-12-26-19(15-24)13-23-20(21-3)22-10-9-17-5-7-18(25-4)8-6-17;/h5-8,16,19H,9-15H2,1-4H3,(H2,21,22,23);1H. The Bertz CT molecular complexity index is 551. The van der Waals surface area contributed by atoms with Crippen molar-refractivity contribution in [2.45, 2.75) is 26.4 Å². The van der Waals surface area contributed by atoms with E-state index >= 15 is 0 Å². The first kappa shape index (κ1) is 24.0. The molecule has 1 unspecified atom stereocenters. The largest absolute Gasteiger partial charge is 0.497 e. The number of benzene rings is 1. The number of morpholine rings is 1. The van der Waals surface area contributed by atoms with Crippen LogP contribution in [0, 0.1) is 5.92 Å². The third kappa shape index (κ3) is 9.12. The highest BCUT2D eigenvalue weighted by Crippen LogP contribution is 2.11. The molecule has 7 heteroatoms. The van der Waals surface area contributed by atoms with Gasteiger partial charge < -0.3 is 20.1 Å². The average molecular weight is 490 g/mol. The van der Waals surface area contributed by atoms with Gasteiger partial charge in [-0.05, 0) is 30.0 Å². The molecule has 1 aromatic carbocycles. The Morgan fingerprint density at radius 1 is 1.30 bits per heavy atom. The zero-order valence-corrected chi connectivity index (χ0v) is 19.4. The number of halogens is 1. The number of aliphatic imine (C=N–C) groups is 1. The van der Waals surface area contributed by atoms with Crippen molar-refractivity contribution < 1.29 is 9.47 Å². The second kappa shape index (κ2) is 13.2. The summed E-state index contributed by atoms with van der Waals surface area (Å²) in [7, 11) is 3.49. The van der Waals surface area contributed by atoms with Crippen LogP contribution in [0.3, 0.4) is 0 Å². The topological polar surface area (TPSA) is 58.1 Å². The summed E-state index contributed by atoms with van der Waals surface area (Å²) in [4.78, 5) is 6.79. The molecule has 1 aliphatic rings. The lowest BCUT2D eigenvalue weighted by Gasteiger charge is -2.34. The molecule has 0 amide bonds. The highest BCUT2D eigenvalue weighted by molar-refractivity contribution is 14.0. The van der Waals surface area contributed by atoms with Crippen molar-refractivity contribution >= 4 is 29.9 Å². The molecule has 0 radical (unpaired) electrons. The molecule has 2 rings (SSSR count). The molecule has 0 aliphatic carbocycles. The van der Waals surface area contributed by atoms with Crippen LogP contribution in [0.15, 0.2) is 29.3 Å². The number of nitrogens with zero attached hydrogens (tertiary/aromatic N) is 2. The number of ether oxygens (including phenoxy) is 2. The van der Waals surface area contributed by atoms with Gasteiger partial charge in [-0.3, -0.25) is 9.89 Å². The summed E-state index contributed by atoms with van der Waals surface area (Å²) in [6.07, 6.45) is 1.15. The fourth-order valence-corrected chi connectivity index (χ4v) is 3.13. The molecular weight excluding hydrogens is 455 g/mol. The molecule has 0 bridgehead atoms. The van der Waals surface area contributed by atoms with Gasteiger partial charge in [0.05, 0.1) is 19.8 Å². The maximum Gasteiger partial charge on any atom is 0.191 e. The molecule has 1 heterocycles. The van der Waals surface area contributed by atoms with Crippen LogP contribution in [-0.4, -0.2) is 70.5 Å². The van der Waals surface area contributed by atoms with Gasteiger partial charge in [-0.15, -0.1) is 24.0 Å². The average Bonchev–Trinajstić information content (AvgIpc) is 2.65. The Kier molecular flexibility index (Phi) is 11.7. The summed E-state index contributed by atoms with van der Waals surface area (Å²) >= 11 is 0. The van der Waals surface area contributed by atoms with Gasteiger partial charge in [0.1, 0.15) is 5.75 Å². The third-order valence-corrected chi connectivity index (χ3v) is 4.43. The van der Waals surface area contributed by atoms with Crippen molar-refractivity contribution in [3.8, 4) is 5.75 Å². The summed E-state index contributed by atoms with van der Waals surface area (Å²) in [6, 6.07) is 8.17. The van der Waals surface area contributed by atoms with Gasteiger partial charge in [0.25, 0.3) is 0 Å². The molecule has 1 fully saturated rings. The summed E-state index contributed by atoms with van der Waals surface area (Å²) < 4.78 is 11.1. The minimum absolute atomic E-state index is 0. The van der Waals surface area contributed by atoms with E-state index < -0.39 is 0 Å². The van der Waals surface area contributed by atoms with Crippen LogP contribution >= 0.6 is 24.0 Å². The van der Waals surface area contributed by atoms with Crippen molar-refractivity contribution in [3.63, 3.8) is 0 Å². The maximum absolute atomic E-state index is 5.88. The van der Waals surface area contributed by atoms with Gasteiger partial charge in [-0.1, -0.05) is 26.0 Å². The van der Waals surface area contributed by atoms with E-state index in [1.807, 2.05) is 12.1 Å². The fourth-order valence-electron chi connectivity index (χ4n) is 3.13. The first-order valence-electron chi connectivity index (χ1n) is 9.52. The lowest BCUT2D eigenvalue weighted by molar-refractivity contribution is -0.0284. The first-order chi connectivity index (χ1) is 12.6. The summed E-state index contributed by atoms with van der Waals surface area (Å²) in [6.45, 7) is 10.1. The lowest BCUT2D eigenvalue weighted by Crippen LogP contribution is -2.50. The smallest absolute Gasteiger partial charge is 0.191 e. The van der Waals surface area contributed by atoms with Crippen LogP contribution in [-0.2, 0) is 11.2 Å². The highest BCUT2D eigenvalue weighted by atomic mass is 127. The summed E-state index contributed by atoms with van der Waals surface area (Å²) in [5.41, 5.74) is 1.27. The first-order valence-corrected chi connectivity index (χ1v) is 9.52. The minimum Gasteiger partial charge on any atom is -0.497 e. The van der Waals surface area contributed by atoms with Crippen LogP contribution in [0.5, 0.6) is 5.75 Å². The van der Waals surface area contributed by atoms with Gasteiger partial charge in [-0.25, -0.2) is 0 Å². The molecule has 6 nitrogen and oxygen atoms in total. The van der Waals surface area contributed by atoms with E-state index in [-0.39, 0.29) is 30.1 Å². The molecule has 0 spiro atoms. The van der Waals surface area contributed by atoms with Gasteiger partial charge in [0.15, 0.2) is 5.96 Å². The maximum atomic E-state index is 5.88. The lowest BCUT2D eigenvalue weighted by atomic mass is 10.1. The second-order valence-electron chi connectivity index (χ2n) is 7.12. The normalized spacial score (nSPS) is 18.1. The molecule has 27 heavy (non-hydrogen) atoms. The van der Waals surface area contributed by atoms with E-state index in [1.165, 1.54) is 5.56 Å². The third-order valence-electron chi connectivity index (χ3n) is 4.43. The van der Waals surface area contributed by atoms with Gasteiger partial charge in [0.2, 0.25) is 0 Å². The molecule has 1 atom stereocenters. The minimum atomic E-state index is 0. The monoisotopic (exact) mass is 490 g/mol. The fraction of sp³-hybridized carbons (Fsp3) is 0.650. The van der Waals surface area contributed by atoms with Crippen molar-refractivity contribution in [1.82, 2.24) is 15.5 Å². The van der Waals surface area contributed by atoms with Crippen molar-refractivity contribution in [2.24, 2.45) is 10.9 Å². The number of hydrogen-bond acceptors (Lipinski definition) is 4. The number of rotatable bonds is 8. The second-order valence-corrected chi connectivity index (χ2v) is 7.12. The van der Waals surface area contributed by atoms with Gasteiger partial charge >= 0.3 is 0 Å². The Morgan fingerprint density at radius 3 is 2.67 bits per heavy atom. The van der Waals surface area contributed by atoms with E-state index in [0.717, 1.165) is 57.5 Å². The Morgan fingerprint density at radius 2 is 2.04 bits per heavy atom. The number of methoxy groups -OCH3 is 1. The predicted octanol–water partition coefficient (Wildman–Crippen LogP) is 2.38. The molecule has 1 aromatic rings. The highest BCUT2D eigenvalue weighted by Gasteiger charge is 2.20. The van der Waals surface area contributed by atoms with E-state index in [2.05, 4.69) is 46.5 Å². The zero-order chi connectivity index (χ0) is 18.8. The number of guanidine groups is 1. The van der Waals surface area contributed by atoms with E-state index in [4.69, 9.17) is 9.47 Å². The molecule has 0 aromatic heterocycles.